The van der Waals surface area contributed by atoms with Crippen molar-refractivity contribution in [3.05, 3.63) is 94.5 Å². The fraction of sp³-hybridized carbons (Fsp3) is 0.250. The molecule has 1 aliphatic rings. The van der Waals surface area contributed by atoms with E-state index in [1.54, 1.807) is 29.2 Å². The molecule has 178 valence electrons. The third kappa shape index (κ3) is 6.40. The lowest BCUT2D eigenvalue weighted by Gasteiger charge is -2.32. The standard InChI is InChI=1S/C28H26ClN3O3/c29-24-11-9-21(10-12-24)28(34)32-17-3-5-22(18-32)27(33)31-26-6-2-1-4-23(26)19-35-25-13-7-20(8-14-25)15-16-30/h1-2,4,6-14,22H,3,5,15,17-19H2,(H,31,33). The minimum atomic E-state index is -0.290. The lowest BCUT2D eigenvalue weighted by Crippen LogP contribution is -2.43. The molecule has 1 unspecified atom stereocenters. The van der Waals surface area contributed by atoms with Crippen LogP contribution in [0.25, 0.3) is 0 Å². The highest BCUT2D eigenvalue weighted by atomic mass is 35.5. The SMILES string of the molecule is N#CCc1ccc(OCc2ccccc2NC(=O)C2CCCN(C(=O)c3ccc(Cl)cc3)C2)cc1. The summed E-state index contributed by atoms with van der Waals surface area (Å²) in [6.45, 7) is 1.30. The first-order chi connectivity index (χ1) is 17.0. The van der Waals surface area contributed by atoms with Crippen molar-refractivity contribution in [3.63, 3.8) is 0 Å². The first-order valence-corrected chi connectivity index (χ1v) is 11.9. The van der Waals surface area contributed by atoms with E-state index in [0.717, 1.165) is 24.0 Å². The average Bonchev–Trinajstić information content (AvgIpc) is 2.89. The van der Waals surface area contributed by atoms with E-state index in [1.165, 1.54) is 0 Å². The number of nitrogens with zero attached hydrogens (tertiary/aromatic N) is 2. The fourth-order valence-electron chi connectivity index (χ4n) is 4.11. The van der Waals surface area contributed by atoms with Crippen molar-refractivity contribution < 1.29 is 14.3 Å². The molecule has 0 bridgehead atoms. The highest BCUT2D eigenvalue weighted by molar-refractivity contribution is 6.30. The van der Waals surface area contributed by atoms with Crippen molar-refractivity contribution in [2.24, 2.45) is 5.92 Å². The zero-order chi connectivity index (χ0) is 24.6. The molecule has 3 aromatic carbocycles. The number of piperidine rings is 1. The molecule has 0 aliphatic carbocycles. The molecule has 1 fully saturated rings. The summed E-state index contributed by atoms with van der Waals surface area (Å²) in [6, 6.07) is 23.9. The Morgan fingerprint density at radius 3 is 2.54 bits per heavy atom. The molecule has 0 radical (unpaired) electrons. The Bertz CT molecular complexity index is 1220. The van der Waals surface area contributed by atoms with Crippen LogP contribution in [0.15, 0.2) is 72.8 Å². The van der Waals surface area contributed by atoms with E-state index in [2.05, 4.69) is 11.4 Å². The molecule has 6 nitrogen and oxygen atoms in total. The molecule has 3 aromatic rings. The van der Waals surface area contributed by atoms with E-state index < -0.39 is 0 Å². The number of anilines is 1. The Morgan fingerprint density at radius 2 is 1.80 bits per heavy atom. The second kappa shape index (κ2) is 11.5. The molecular formula is C28H26ClN3O3. The quantitative estimate of drug-likeness (QED) is 0.478. The van der Waals surface area contributed by atoms with Gasteiger partial charge in [-0.15, -0.1) is 0 Å². The average molecular weight is 488 g/mol. The van der Waals surface area contributed by atoms with Gasteiger partial charge in [0.25, 0.3) is 5.91 Å². The summed E-state index contributed by atoms with van der Waals surface area (Å²) in [4.78, 5) is 27.7. The number of nitriles is 1. The van der Waals surface area contributed by atoms with Gasteiger partial charge in [0.1, 0.15) is 12.4 Å². The zero-order valence-corrected chi connectivity index (χ0v) is 20.0. The lowest BCUT2D eigenvalue weighted by atomic mass is 9.96. The molecule has 1 heterocycles. The molecule has 35 heavy (non-hydrogen) atoms. The molecule has 0 saturated carbocycles. The van der Waals surface area contributed by atoms with Crippen LogP contribution in [0.2, 0.25) is 5.02 Å². The maximum Gasteiger partial charge on any atom is 0.253 e. The summed E-state index contributed by atoms with van der Waals surface area (Å²) >= 11 is 5.93. The van der Waals surface area contributed by atoms with Crippen LogP contribution < -0.4 is 10.1 Å². The zero-order valence-electron chi connectivity index (χ0n) is 19.2. The van der Waals surface area contributed by atoms with Gasteiger partial charge in [0.2, 0.25) is 5.91 Å². The number of hydrogen-bond donors (Lipinski definition) is 1. The predicted molar refractivity (Wildman–Crippen MR) is 135 cm³/mol. The summed E-state index contributed by atoms with van der Waals surface area (Å²) < 4.78 is 5.90. The Morgan fingerprint density at radius 1 is 1.06 bits per heavy atom. The van der Waals surface area contributed by atoms with Gasteiger partial charge < -0.3 is 15.0 Å². The first kappa shape index (κ1) is 24.3. The van der Waals surface area contributed by atoms with E-state index in [-0.39, 0.29) is 17.7 Å². The van der Waals surface area contributed by atoms with Crippen molar-refractivity contribution in [1.29, 1.82) is 5.26 Å². The molecule has 2 amide bonds. The molecule has 0 aromatic heterocycles. The molecule has 1 aliphatic heterocycles. The summed E-state index contributed by atoms with van der Waals surface area (Å²) in [5.74, 6) is 0.207. The molecule has 1 N–H and O–H groups in total. The highest BCUT2D eigenvalue weighted by Crippen LogP contribution is 2.24. The van der Waals surface area contributed by atoms with E-state index in [1.807, 2.05) is 48.5 Å². The van der Waals surface area contributed by atoms with Crippen molar-refractivity contribution >= 4 is 29.1 Å². The van der Waals surface area contributed by atoms with Gasteiger partial charge in [-0.1, -0.05) is 41.9 Å². The van der Waals surface area contributed by atoms with Gasteiger partial charge in [-0.2, -0.15) is 5.26 Å². The molecule has 1 saturated heterocycles. The molecule has 4 rings (SSSR count). The van der Waals surface area contributed by atoms with E-state index in [0.29, 0.717) is 48.1 Å². The smallest absolute Gasteiger partial charge is 0.253 e. The first-order valence-electron chi connectivity index (χ1n) is 11.6. The van der Waals surface area contributed by atoms with Gasteiger partial charge >= 0.3 is 0 Å². The van der Waals surface area contributed by atoms with Crippen LogP contribution in [0.4, 0.5) is 5.69 Å². The van der Waals surface area contributed by atoms with Crippen molar-refractivity contribution in [3.8, 4) is 11.8 Å². The molecular weight excluding hydrogens is 462 g/mol. The van der Waals surface area contributed by atoms with Crippen LogP contribution in [0.3, 0.4) is 0 Å². The number of para-hydroxylation sites is 1. The van der Waals surface area contributed by atoms with Crippen LogP contribution in [0.5, 0.6) is 5.75 Å². The normalized spacial score (nSPS) is 15.2. The van der Waals surface area contributed by atoms with Gasteiger partial charge in [-0.05, 0) is 60.9 Å². The summed E-state index contributed by atoms with van der Waals surface area (Å²) in [5.41, 5.74) is 3.05. The Balaban J connectivity index is 1.37. The number of rotatable bonds is 7. The third-order valence-corrected chi connectivity index (χ3v) is 6.30. The second-order valence-electron chi connectivity index (χ2n) is 8.51. The van der Waals surface area contributed by atoms with Crippen molar-refractivity contribution in [2.45, 2.75) is 25.9 Å². The second-order valence-corrected chi connectivity index (χ2v) is 8.95. The topological polar surface area (TPSA) is 82.4 Å². The van der Waals surface area contributed by atoms with Crippen LogP contribution in [0.1, 0.15) is 34.3 Å². The van der Waals surface area contributed by atoms with Crippen molar-refractivity contribution in [1.82, 2.24) is 4.90 Å². The third-order valence-electron chi connectivity index (χ3n) is 6.05. The largest absolute Gasteiger partial charge is 0.489 e. The Labute approximate surface area is 210 Å². The maximum absolute atomic E-state index is 13.1. The number of nitrogens with one attached hydrogen (secondary N) is 1. The number of carbonyl (C=O) groups excluding carboxylic acids is 2. The van der Waals surface area contributed by atoms with E-state index >= 15 is 0 Å². The van der Waals surface area contributed by atoms with Crippen LogP contribution in [-0.4, -0.2) is 29.8 Å². The summed E-state index contributed by atoms with van der Waals surface area (Å²) in [5, 5.41) is 12.4. The number of amides is 2. The predicted octanol–water partition coefficient (Wildman–Crippen LogP) is 5.48. The maximum atomic E-state index is 13.1. The minimum Gasteiger partial charge on any atom is -0.489 e. The molecule has 7 heteroatoms. The molecule has 0 spiro atoms. The summed E-state index contributed by atoms with van der Waals surface area (Å²) in [7, 11) is 0. The van der Waals surface area contributed by atoms with Crippen LogP contribution in [0, 0.1) is 17.2 Å². The van der Waals surface area contributed by atoms with Gasteiger partial charge in [-0.3, -0.25) is 9.59 Å². The minimum absolute atomic E-state index is 0.0891. The number of ether oxygens (including phenoxy) is 1. The van der Waals surface area contributed by atoms with Gasteiger partial charge in [0.15, 0.2) is 0 Å². The number of carbonyl (C=O) groups is 2. The lowest BCUT2D eigenvalue weighted by molar-refractivity contribution is -0.121. The van der Waals surface area contributed by atoms with E-state index in [4.69, 9.17) is 21.6 Å². The number of benzene rings is 3. The molecule has 1 atom stereocenters. The monoisotopic (exact) mass is 487 g/mol. The van der Waals surface area contributed by atoms with Crippen molar-refractivity contribution in [2.75, 3.05) is 18.4 Å². The van der Waals surface area contributed by atoms with Gasteiger partial charge in [-0.25, -0.2) is 0 Å². The van der Waals surface area contributed by atoms with E-state index in [9.17, 15) is 9.59 Å². The van der Waals surface area contributed by atoms with Gasteiger partial charge in [0.05, 0.1) is 18.4 Å². The van der Waals surface area contributed by atoms with Gasteiger partial charge in [0, 0.05) is 34.9 Å². The summed E-state index contributed by atoms with van der Waals surface area (Å²) in [6.07, 6.45) is 1.85. The fourth-order valence-corrected chi connectivity index (χ4v) is 4.24. The number of hydrogen-bond acceptors (Lipinski definition) is 4. The Kier molecular flexibility index (Phi) is 8.02. The Hall–Kier alpha value is -3.82. The number of halogens is 1. The van der Waals surface area contributed by atoms with Crippen LogP contribution >= 0.6 is 11.6 Å². The van der Waals surface area contributed by atoms with Crippen LogP contribution in [-0.2, 0) is 17.8 Å². The number of likely N-dealkylation sites (tertiary alicyclic amines) is 1. The highest BCUT2D eigenvalue weighted by Gasteiger charge is 2.29.